The van der Waals surface area contributed by atoms with E-state index in [-0.39, 0.29) is 17.6 Å². The number of fused-ring (bicyclic) bond motifs is 1. The summed E-state index contributed by atoms with van der Waals surface area (Å²) >= 11 is 0. The molecule has 0 aromatic heterocycles. The van der Waals surface area contributed by atoms with Crippen LogP contribution in [-0.2, 0) is 9.59 Å². The summed E-state index contributed by atoms with van der Waals surface area (Å²) in [6.45, 7) is 3.93. The van der Waals surface area contributed by atoms with E-state index >= 15 is 0 Å². The van der Waals surface area contributed by atoms with Crippen LogP contribution in [0.1, 0.15) is 54.8 Å². The van der Waals surface area contributed by atoms with E-state index in [9.17, 15) is 9.59 Å². The van der Waals surface area contributed by atoms with Crippen molar-refractivity contribution >= 4 is 23.1 Å². The SMILES string of the molecule is CCC(=O)N1c2ccccc2NC2=C(C(=O)C[C@@H](c3ccc(C)cc3)C2)[C@H]1c1cccc(OC)c1. The number of aryl methyl sites for hydroxylation is 1. The molecule has 35 heavy (non-hydrogen) atoms. The lowest BCUT2D eigenvalue weighted by atomic mass is 9.78. The highest BCUT2D eigenvalue weighted by atomic mass is 16.5. The summed E-state index contributed by atoms with van der Waals surface area (Å²) in [4.78, 5) is 29.2. The van der Waals surface area contributed by atoms with Gasteiger partial charge in [-0.15, -0.1) is 0 Å². The molecule has 1 heterocycles. The molecule has 2 aliphatic rings. The van der Waals surface area contributed by atoms with Crippen molar-refractivity contribution in [3.05, 3.63) is 101 Å². The van der Waals surface area contributed by atoms with Crippen LogP contribution in [0.2, 0.25) is 0 Å². The molecule has 0 saturated heterocycles. The van der Waals surface area contributed by atoms with Crippen LogP contribution in [0.3, 0.4) is 0 Å². The number of carbonyl (C=O) groups excluding carboxylic acids is 2. The number of allylic oxidation sites excluding steroid dienone is 1. The van der Waals surface area contributed by atoms with Gasteiger partial charge < -0.3 is 10.1 Å². The Kier molecular flexibility index (Phi) is 6.16. The molecular formula is C30H30N2O3. The van der Waals surface area contributed by atoms with Gasteiger partial charge in [0.1, 0.15) is 5.75 Å². The predicted octanol–water partition coefficient (Wildman–Crippen LogP) is 6.31. The number of hydrogen-bond donors (Lipinski definition) is 1. The zero-order valence-corrected chi connectivity index (χ0v) is 20.4. The van der Waals surface area contributed by atoms with E-state index in [1.165, 1.54) is 5.56 Å². The first-order valence-corrected chi connectivity index (χ1v) is 12.1. The van der Waals surface area contributed by atoms with Crippen molar-refractivity contribution in [1.29, 1.82) is 0 Å². The highest BCUT2D eigenvalue weighted by Crippen LogP contribution is 2.47. The molecule has 3 aromatic carbocycles. The van der Waals surface area contributed by atoms with E-state index in [1.807, 2.05) is 55.5 Å². The highest BCUT2D eigenvalue weighted by Gasteiger charge is 2.41. The second kappa shape index (κ2) is 9.41. The second-order valence-corrected chi connectivity index (χ2v) is 9.27. The largest absolute Gasteiger partial charge is 0.497 e. The van der Waals surface area contributed by atoms with E-state index in [2.05, 4.69) is 36.5 Å². The number of ether oxygens (including phenoxy) is 1. The van der Waals surface area contributed by atoms with Crippen LogP contribution in [-0.4, -0.2) is 18.8 Å². The van der Waals surface area contributed by atoms with E-state index in [0.717, 1.165) is 28.2 Å². The Hall–Kier alpha value is -3.86. The van der Waals surface area contributed by atoms with Gasteiger partial charge in [-0.2, -0.15) is 0 Å². The van der Waals surface area contributed by atoms with Crippen molar-refractivity contribution in [2.45, 2.75) is 45.1 Å². The maximum absolute atomic E-state index is 13.9. The van der Waals surface area contributed by atoms with Gasteiger partial charge in [-0.3, -0.25) is 14.5 Å². The van der Waals surface area contributed by atoms with Gasteiger partial charge in [-0.1, -0.05) is 61.0 Å². The molecule has 0 fully saturated rings. The predicted molar refractivity (Wildman–Crippen MR) is 139 cm³/mol. The number of nitrogens with zero attached hydrogens (tertiary/aromatic N) is 1. The Morgan fingerprint density at radius 3 is 2.51 bits per heavy atom. The number of methoxy groups -OCH3 is 1. The first-order valence-electron chi connectivity index (χ1n) is 12.1. The topological polar surface area (TPSA) is 58.6 Å². The molecule has 1 N–H and O–H groups in total. The van der Waals surface area contributed by atoms with Gasteiger partial charge >= 0.3 is 0 Å². The molecule has 5 nitrogen and oxygen atoms in total. The number of Topliss-reactive ketones (excluding diaryl/α,β-unsaturated/α-hetero) is 1. The summed E-state index contributed by atoms with van der Waals surface area (Å²) < 4.78 is 5.50. The standard InChI is InChI=1S/C30H30N2O3/c1-4-28(34)32-26-11-6-5-10-24(26)31-25-17-22(20-14-12-19(2)13-15-20)18-27(33)29(25)30(32)21-8-7-9-23(16-21)35-3/h5-16,22,30-31H,4,17-18H2,1-3H3/t22-,30+/m0/s1. The molecule has 178 valence electrons. The van der Waals surface area contributed by atoms with Crippen molar-refractivity contribution in [3.8, 4) is 5.75 Å². The molecule has 1 aliphatic carbocycles. The Bertz CT molecular complexity index is 1310. The summed E-state index contributed by atoms with van der Waals surface area (Å²) in [6, 6.07) is 23.4. The van der Waals surface area contributed by atoms with Gasteiger partial charge in [0.05, 0.1) is 24.5 Å². The summed E-state index contributed by atoms with van der Waals surface area (Å²) in [5, 5.41) is 3.57. The Morgan fingerprint density at radius 1 is 1.00 bits per heavy atom. The third-order valence-electron chi connectivity index (χ3n) is 7.02. The fraction of sp³-hybridized carbons (Fsp3) is 0.267. The molecule has 5 rings (SSSR count). The van der Waals surface area contributed by atoms with Crippen molar-refractivity contribution in [2.24, 2.45) is 0 Å². The minimum Gasteiger partial charge on any atom is -0.497 e. The molecule has 1 aliphatic heterocycles. The van der Waals surface area contributed by atoms with Crippen LogP contribution in [0.25, 0.3) is 0 Å². The smallest absolute Gasteiger partial charge is 0.227 e. The van der Waals surface area contributed by atoms with Gasteiger partial charge in [-0.05, 0) is 54.7 Å². The number of nitrogens with one attached hydrogen (secondary N) is 1. The van der Waals surface area contributed by atoms with Gasteiger partial charge in [0.2, 0.25) is 5.91 Å². The Labute approximate surface area is 206 Å². The van der Waals surface area contributed by atoms with Crippen LogP contribution in [0.15, 0.2) is 84.1 Å². The maximum atomic E-state index is 13.9. The molecule has 5 heteroatoms. The van der Waals surface area contributed by atoms with Crippen LogP contribution in [0, 0.1) is 6.92 Å². The molecule has 2 atom stereocenters. The quantitative estimate of drug-likeness (QED) is 0.489. The number of hydrogen-bond acceptors (Lipinski definition) is 4. The molecule has 1 amide bonds. The maximum Gasteiger partial charge on any atom is 0.227 e. The Morgan fingerprint density at radius 2 is 1.77 bits per heavy atom. The summed E-state index contributed by atoms with van der Waals surface area (Å²) in [5.41, 5.74) is 6.39. The van der Waals surface area contributed by atoms with E-state index in [1.54, 1.807) is 12.0 Å². The minimum atomic E-state index is -0.532. The summed E-state index contributed by atoms with van der Waals surface area (Å²) in [5.74, 6) is 0.814. The fourth-order valence-corrected chi connectivity index (χ4v) is 5.24. The van der Waals surface area contributed by atoms with Gasteiger partial charge in [0, 0.05) is 24.1 Å². The number of rotatable bonds is 4. The van der Waals surface area contributed by atoms with Gasteiger partial charge in [-0.25, -0.2) is 0 Å². The number of amides is 1. The zero-order valence-electron chi connectivity index (χ0n) is 20.4. The normalized spacial score (nSPS) is 19.4. The molecule has 3 aromatic rings. The fourth-order valence-electron chi connectivity index (χ4n) is 5.24. The van der Waals surface area contributed by atoms with Crippen LogP contribution >= 0.6 is 0 Å². The molecule has 0 bridgehead atoms. The zero-order chi connectivity index (χ0) is 24.5. The molecule has 0 unspecified atom stereocenters. The summed E-state index contributed by atoms with van der Waals surface area (Å²) in [6.07, 6.45) is 1.44. The van der Waals surface area contributed by atoms with Crippen molar-refractivity contribution in [1.82, 2.24) is 0 Å². The lowest BCUT2D eigenvalue weighted by molar-refractivity contribution is -0.119. The van der Waals surface area contributed by atoms with Gasteiger partial charge in [0.15, 0.2) is 5.78 Å². The van der Waals surface area contributed by atoms with Crippen LogP contribution in [0.4, 0.5) is 11.4 Å². The van der Waals surface area contributed by atoms with E-state index < -0.39 is 6.04 Å². The molecular weight excluding hydrogens is 436 g/mol. The van der Waals surface area contributed by atoms with Gasteiger partial charge in [0.25, 0.3) is 0 Å². The molecule has 0 saturated carbocycles. The first kappa shape index (κ1) is 22.9. The summed E-state index contributed by atoms with van der Waals surface area (Å²) in [7, 11) is 1.63. The van der Waals surface area contributed by atoms with Crippen molar-refractivity contribution < 1.29 is 14.3 Å². The first-order chi connectivity index (χ1) is 17.0. The number of carbonyl (C=O) groups is 2. The second-order valence-electron chi connectivity index (χ2n) is 9.27. The third-order valence-corrected chi connectivity index (χ3v) is 7.02. The highest BCUT2D eigenvalue weighted by molar-refractivity contribution is 6.06. The number of para-hydroxylation sites is 2. The number of benzene rings is 3. The van der Waals surface area contributed by atoms with E-state index in [4.69, 9.17) is 4.74 Å². The van der Waals surface area contributed by atoms with Crippen molar-refractivity contribution in [2.75, 3.05) is 17.3 Å². The average Bonchev–Trinajstić information content (AvgIpc) is 3.03. The molecule has 0 radical (unpaired) electrons. The number of anilines is 2. The van der Waals surface area contributed by atoms with Crippen LogP contribution in [0.5, 0.6) is 5.75 Å². The monoisotopic (exact) mass is 466 g/mol. The van der Waals surface area contributed by atoms with Crippen molar-refractivity contribution in [3.63, 3.8) is 0 Å². The Balaban J connectivity index is 1.70. The minimum absolute atomic E-state index is 0.0331. The number of ketones is 1. The lowest BCUT2D eigenvalue weighted by Gasteiger charge is -2.35. The average molecular weight is 467 g/mol. The van der Waals surface area contributed by atoms with E-state index in [0.29, 0.717) is 30.6 Å². The lowest BCUT2D eigenvalue weighted by Crippen LogP contribution is -2.38. The third kappa shape index (κ3) is 4.23. The molecule has 0 spiro atoms. The van der Waals surface area contributed by atoms with Crippen LogP contribution < -0.4 is 15.0 Å².